The highest BCUT2D eigenvalue weighted by atomic mass is 32.2. The normalized spacial score (nSPS) is 10.6. The molecular weight excluding hydrogens is 222 g/mol. The van der Waals surface area contributed by atoms with E-state index in [1.54, 1.807) is 11.8 Å². The summed E-state index contributed by atoms with van der Waals surface area (Å²) in [6.07, 6.45) is 0. The van der Waals surface area contributed by atoms with Gasteiger partial charge in [-0.2, -0.15) is 0 Å². The quantitative estimate of drug-likeness (QED) is 0.535. The molecule has 0 amide bonds. The van der Waals surface area contributed by atoms with Crippen LogP contribution in [0.1, 0.15) is 5.56 Å². The summed E-state index contributed by atoms with van der Waals surface area (Å²) in [5.41, 5.74) is 1.29. The van der Waals surface area contributed by atoms with Crippen LogP contribution in [0.5, 0.6) is 0 Å². The predicted octanol–water partition coefficient (Wildman–Crippen LogP) is 1.51. The number of benzene rings is 1. The fourth-order valence-corrected chi connectivity index (χ4v) is 2.06. The molecule has 0 aliphatic carbocycles. The van der Waals surface area contributed by atoms with Crippen molar-refractivity contribution in [3.05, 3.63) is 29.8 Å². The zero-order valence-corrected chi connectivity index (χ0v) is 10.4. The smallest absolute Gasteiger partial charge is 0.0698 e. The Labute approximate surface area is 101 Å². The second kappa shape index (κ2) is 8.58. The Hall–Kier alpha value is -0.550. The SMILES string of the molecule is CNCc1ccc(SCCOCCO)cc1. The van der Waals surface area contributed by atoms with Crippen molar-refractivity contribution in [2.75, 3.05) is 32.6 Å². The summed E-state index contributed by atoms with van der Waals surface area (Å²) in [6.45, 7) is 2.12. The number of ether oxygens (including phenoxy) is 1. The van der Waals surface area contributed by atoms with Crippen molar-refractivity contribution in [1.29, 1.82) is 0 Å². The van der Waals surface area contributed by atoms with Crippen LogP contribution in [0.25, 0.3) is 0 Å². The Morgan fingerprint density at radius 3 is 2.62 bits per heavy atom. The van der Waals surface area contributed by atoms with Crippen LogP contribution in [0.3, 0.4) is 0 Å². The van der Waals surface area contributed by atoms with Crippen molar-refractivity contribution in [2.24, 2.45) is 0 Å². The van der Waals surface area contributed by atoms with Gasteiger partial charge in [0.05, 0.1) is 19.8 Å². The molecule has 0 saturated carbocycles. The molecule has 2 N–H and O–H groups in total. The Morgan fingerprint density at radius 2 is 2.00 bits per heavy atom. The van der Waals surface area contributed by atoms with E-state index in [2.05, 4.69) is 29.6 Å². The van der Waals surface area contributed by atoms with E-state index >= 15 is 0 Å². The lowest BCUT2D eigenvalue weighted by atomic mass is 10.2. The first-order valence-electron chi connectivity index (χ1n) is 5.41. The van der Waals surface area contributed by atoms with Crippen LogP contribution in [0.15, 0.2) is 29.2 Å². The third-order valence-electron chi connectivity index (χ3n) is 2.04. The minimum atomic E-state index is 0.101. The number of nitrogens with one attached hydrogen (secondary N) is 1. The molecule has 16 heavy (non-hydrogen) atoms. The minimum Gasteiger partial charge on any atom is -0.394 e. The number of rotatable bonds is 8. The van der Waals surface area contributed by atoms with Crippen LogP contribution < -0.4 is 5.32 Å². The highest BCUT2D eigenvalue weighted by Crippen LogP contribution is 2.18. The van der Waals surface area contributed by atoms with Crippen LogP contribution >= 0.6 is 11.8 Å². The first-order valence-corrected chi connectivity index (χ1v) is 6.40. The Balaban J connectivity index is 2.21. The zero-order valence-electron chi connectivity index (χ0n) is 9.61. The van der Waals surface area contributed by atoms with E-state index in [1.807, 2.05) is 7.05 Å². The highest BCUT2D eigenvalue weighted by molar-refractivity contribution is 7.99. The number of aliphatic hydroxyl groups excluding tert-OH is 1. The van der Waals surface area contributed by atoms with Crippen LogP contribution in [-0.4, -0.2) is 37.7 Å². The lowest BCUT2D eigenvalue weighted by Gasteiger charge is -2.04. The third-order valence-corrected chi connectivity index (χ3v) is 3.01. The maximum atomic E-state index is 8.53. The number of hydrogen-bond donors (Lipinski definition) is 2. The molecule has 0 aromatic heterocycles. The largest absolute Gasteiger partial charge is 0.394 e. The van der Waals surface area contributed by atoms with E-state index < -0.39 is 0 Å². The molecule has 0 heterocycles. The summed E-state index contributed by atoms with van der Waals surface area (Å²) in [6, 6.07) is 8.52. The third kappa shape index (κ3) is 5.51. The predicted molar refractivity (Wildman–Crippen MR) is 67.8 cm³/mol. The van der Waals surface area contributed by atoms with Crippen molar-refractivity contribution >= 4 is 11.8 Å². The van der Waals surface area contributed by atoms with Gasteiger partial charge in [0.25, 0.3) is 0 Å². The molecule has 90 valence electrons. The zero-order chi connectivity index (χ0) is 11.6. The van der Waals surface area contributed by atoms with Gasteiger partial charge in [-0.25, -0.2) is 0 Å². The molecule has 0 aliphatic heterocycles. The Bertz CT molecular complexity index is 277. The van der Waals surface area contributed by atoms with E-state index in [1.165, 1.54) is 10.5 Å². The summed E-state index contributed by atoms with van der Waals surface area (Å²) >= 11 is 1.77. The molecule has 0 radical (unpaired) electrons. The Morgan fingerprint density at radius 1 is 1.25 bits per heavy atom. The summed E-state index contributed by atoms with van der Waals surface area (Å²) in [4.78, 5) is 1.26. The van der Waals surface area contributed by atoms with Crippen molar-refractivity contribution in [1.82, 2.24) is 5.32 Å². The number of thioether (sulfide) groups is 1. The summed E-state index contributed by atoms with van der Waals surface area (Å²) in [5, 5.41) is 11.6. The summed E-state index contributed by atoms with van der Waals surface area (Å²) in [7, 11) is 1.95. The molecule has 4 heteroatoms. The minimum absolute atomic E-state index is 0.101. The molecule has 0 atom stereocenters. The maximum Gasteiger partial charge on any atom is 0.0698 e. The monoisotopic (exact) mass is 241 g/mol. The average molecular weight is 241 g/mol. The van der Waals surface area contributed by atoms with Crippen LogP contribution in [0.2, 0.25) is 0 Å². The number of hydrogen-bond acceptors (Lipinski definition) is 4. The maximum absolute atomic E-state index is 8.53. The molecule has 1 rings (SSSR count). The molecule has 1 aromatic carbocycles. The van der Waals surface area contributed by atoms with Gasteiger partial charge in [-0.3, -0.25) is 0 Å². The van der Waals surface area contributed by atoms with Crippen LogP contribution in [-0.2, 0) is 11.3 Å². The van der Waals surface area contributed by atoms with Crippen molar-refractivity contribution in [3.8, 4) is 0 Å². The fraction of sp³-hybridized carbons (Fsp3) is 0.500. The van der Waals surface area contributed by atoms with Gasteiger partial charge in [0.15, 0.2) is 0 Å². The van der Waals surface area contributed by atoms with Gasteiger partial charge in [-0.05, 0) is 24.7 Å². The van der Waals surface area contributed by atoms with E-state index in [0.717, 1.165) is 12.3 Å². The van der Waals surface area contributed by atoms with Gasteiger partial charge in [0, 0.05) is 17.2 Å². The lowest BCUT2D eigenvalue weighted by Crippen LogP contribution is -2.04. The Kier molecular flexibility index (Phi) is 7.25. The van der Waals surface area contributed by atoms with Gasteiger partial charge in [0.2, 0.25) is 0 Å². The standard InChI is InChI=1S/C12H19NO2S/c1-13-10-11-2-4-12(5-3-11)16-9-8-15-7-6-14/h2-5,13-14H,6-10H2,1H3. The lowest BCUT2D eigenvalue weighted by molar-refractivity contribution is 0.103. The topological polar surface area (TPSA) is 41.5 Å². The van der Waals surface area contributed by atoms with E-state index in [4.69, 9.17) is 9.84 Å². The van der Waals surface area contributed by atoms with E-state index in [0.29, 0.717) is 13.2 Å². The molecule has 0 saturated heterocycles. The first-order chi connectivity index (χ1) is 7.86. The van der Waals surface area contributed by atoms with E-state index in [9.17, 15) is 0 Å². The molecule has 3 nitrogen and oxygen atoms in total. The fourth-order valence-electron chi connectivity index (χ4n) is 1.29. The van der Waals surface area contributed by atoms with Crippen molar-refractivity contribution in [3.63, 3.8) is 0 Å². The van der Waals surface area contributed by atoms with Crippen LogP contribution in [0.4, 0.5) is 0 Å². The van der Waals surface area contributed by atoms with E-state index in [-0.39, 0.29) is 6.61 Å². The van der Waals surface area contributed by atoms with Gasteiger partial charge in [-0.15, -0.1) is 11.8 Å². The first kappa shape index (κ1) is 13.5. The van der Waals surface area contributed by atoms with Gasteiger partial charge in [0.1, 0.15) is 0 Å². The second-order valence-electron chi connectivity index (χ2n) is 3.36. The molecule has 0 unspecified atom stereocenters. The van der Waals surface area contributed by atoms with Gasteiger partial charge < -0.3 is 15.2 Å². The van der Waals surface area contributed by atoms with Gasteiger partial charge >= 0.3 is 0 Å². The average Bonchev–Trinajstić information content (AvgIpc) is 2.31. The molecule has 1 aromatic rings. The summed E-state index contributed by atoms with van der Waals surface area (Å²) in [5.74, 6) is 0.922. The molecular formula is C12H19NO2S. The summed E-state index contributed by atoms with van der Waals surface area (Å²) < 4.78 is 5.19. The van der Waals surface area contributed by atoms with Crippen molar-refractivity contribution < 1.29 is 9.84 Å². The molecule has 0 spiro atoms. The van der Waals surface area contributed by atoms with Crippen molar-refractivity contribution in [2.45, 2.75) is 11.4 Å². The highest BCUT2D eigenvalue weighted by Gasteiger charge is 1.95. The molecule has 0 fully saturated rings. The molecule has 0 aliphatic rings. The molecule has 0 bridgehead atoms. The van der Waals surface area contributed by atoms with Gasteiger partial charge in [-0.1, -0.05) is 12.1 Å². The number of aliphatic hydroxyl groups is 1. The second-order valence-corrected chi connectivity index (χ2v) is 4.53. The van der Waals surface area contributed by atoms with Crippen LogP contribution in [0, 0.1) is 0 Å².